The summed E-state index contributed by atoms with van der Waals surface area (Å²) in [6.07, 6.45) is 7.16. The second kappa shape index (κ2) is 7.78. The monoisotopic (exact) mass is 355 g/mol. The fraction of sp³-hybridized carbons (Fsp3) is 0.619. The second-order valence-electron chi connectivity index (χ2n) is 8.19. The summed E-state index contributed by atoms with van der Waals surface area (Å²) in [5, 5.41) is 6.70. The van der Waals surface area contributed by atoms with E-state index in [1.54, 1.807) is 0 Å². The Hall–Kier alpha value is -1.88. The largest absolute Gasteiger partial charge is 0.352 e. The topological polar surface area (TPSA) is 61.4 Å². The first-order chi connectivity index (χ1) is 12.7. The molecule has 0 aliphatic carbocycles. The molecule has 26 heavy (non-hydrogen) atoms. The van der Waals surface area contributed by atoms with Gasteiger partial charge in [-0.15, -0.1) is 0 Å². The van der Waals surface area contributed by atoms with Gasteiger partial charge in [0.25, 0.3) is 0 Å². The average molecular weight is 355 g/mol. The third kappa shape index (κ3) is 4.26. The van der Waals surface area contributed by atoms with Crippen molar-refractivity contribution >= 4 is 11.8 Å². The van der Waals surface area contributed by atoms with Crippen LogP contribution >= 0.6 is 0 Å². The molecule has 3 saturated heterocycles. The molecule has 1 aromatic carbocycles. The zero-order valence-corrected chi connectivity index (χ0v) is 15.4. The van der Waals surface area contributed by atoms with Crippen molar-refractivity contribution in [3.8, 4) is 0 Å². The molecular weight excluding hydrogens is 326 g/mol. The molecule has 3 fully saturated rings. The maximum absolute atomic E-state index is 12.3. The molecule has 140 valence electrons. The Balaban J connectivity index is 1.21. The number of benzene rings is 1. The first-order valence-electron chi connectivity index (χ1n) is 10.0. The van der Waals surface area contributed by atoms with Gasteiger partial charge in [-0.05, 0) is 49.1 Å². The van der Waals surface area contributed by atoms with Crippen molar-refractivity contribution in [2.45, 2.75) is 70.1 Å². The molecular formula is C21H29N3O2. The lowest BCUT2D eigenvalue weighted by Gasteiger charge is -2.28. The van der Waals surface area contributed by atoms with E-state index in [4.69, 9.17) is 0 Å². The fourth-order valence-corrected chi connectivity index (χ4v) is 4.73. The molecule has 2 N–H and O–H groups in total. The van der Waals surface area contributed by atoms with E-state index in [1.165, 1.54) is 12.8 Å². The molecule has 2 unspecified atom stereocenters. The van der Waals surface area contributed by atoms with E-state index in [1.807, 2.05) is 4.90 Å². The van der Waals surface area contributed by atoms with Gasteiger partial charge in [0.2, 0.25) is 11.8 Å². The Morgan fingerprint density at radius 1 is 1.12 bits per heavy atom. The smallest absolute Gasteiger partial charge is 0.222 e. The van der Waals surface area contributed by atoms with Crippen molar-refractivity contribution in [2.24, 2.45) is 5.92 Å². The van der Waals surface area contributed by atoms with E-state index in [0.29, 0.717) is 43.9 Å². The number of nitrogens with zero attached hydrogens (tertiary/aromatic N) is 1. The standard InChI is InChI=1S/C21H29N3O2/c25-20(12-17-10-18-7-8-19(11-17)23-18)22-13-15-3-5-16(6-4-15)14-24-9-1-2-21(24)26/h3-6,17-19,23H,1-2,7-14H2,(H,22,25). The lowest BCUT2D eigenvalue weighted by molar-refractivity contribution is -0.128. The van der Waals surface area contributed by atoms with Crippen LogP contribution in [-0.2, 0) is 22.7 Å². The number of nitrogens with one attached hydrogen (secondary N) is 2. The van der Waals surface area contributed by atoms with Gasteiger partial charge in [-0.3, -0.25) is 9.59 Å². The second-order valence-corrected chi connectivity index (χ2v) is 8.19. The molecule has 0 aromatic heterocycles. The number of amides is 2. The number of piperidine rings is 1. The van der Waals surface area contributed by atoms with Gasteiger partial charge < -0.3 is 15.5 Å². The molecule has 5 nitrogen and oxygen atoms in total. The van der Waals surface area contributed by atoms with Crippen LogP contribution in [0.15, 0.2) is 24.3 Å². The number of rotatable bonds is 6. The summed E-state index contributed by atoms with van der Waals surface area (Å²) in [5.41, 5.74) is 2.26. The summed E-state index contributed by atoms with van der Waals surface area (Å²) in [4.78, 5) is 25.9. The van der Waals surface area contributed by atoms with Gasteiger partial charge in [0, 0.05) is 44.6 Å². The van der Waals surface area contributed by atoms with Crippen LogP contribution in [-0.4, -0.2) is 35.3 Å². The first-order valence-corrected chi connectivity index (χ1v) is 10.0. The zero-order chi connectivity index (χ0) is 17.9. The Morgan fingerprint density at radius 2 is 1.81 bits per heavy atom. The van der Waals surface area contributed by atoms with E-state index in [-0.39, 0.29) is 11.8 Å². The summed E-state index contributed by atoms with van der Waals surface area (Å²) in [6, 6.07) is 9.53. The van der Waals surface area contributed by atoms with Crippen LogP contribution in [0.25, 0.3) is 0 Å². The van der Waals surface area contributed by atoms with E-state index >= 15 is 0 Å². The minimum Gasteiger partial charge on any atom is -0.352 e. The van der Waals surface area contributed by atoms with Gasteiger partial charge in [-0.2, -0.15) is 0 Å². The maximum Gasteiger partial charge on any atom is 0.222 e. The summed E-state index contributed by atoms with van der Waals surface area (Å²) < 4.78 is 0. The minimum absolute atomic E-state index is 0.169. The molecule has 3 heterocycles. The summed E-state index contributed by atoms with van der Waals surface area (Å²) in [5.74, 6) is 0.963. The highest BCUT2D eigenvalue weighted by molar-refractivity contribution is 5.78. The maximum atomic E-state index is 12.3. The molecule has 0 spiro atoms. The predicted octanol–water partition coefficient (Wildman–Crippen LogP) is 2.35. The van der Waals surface area contributed by atoms with Gasteiger partial charge in [0.15, 0.2) is 0 Å². The molecule has 2 amide bonds. The van der Waals surface area contributed by atoms with Gasteiger partial charge in [0.1, 0.15) is 0 Å². The number of hydrogen-bond donors (Lipinski definition) is 2. The van der Waals surface area contributed by atoms with Crippen LogP contribution in [0.3, 0.4) is 0 Å². The van der Waals surface area contributed by atoms with Crippen molar-refractivity contribution in [3.05, 3.63) is 35.4 Å². The highest BCUT2D eigenvalue weighted by Crippen LogP contribution is 2.32. The van der Waals surface area contributed by atoms with Crippen LogP contribution in [0, 0.1) is 5.92 Å². The summed E-state index contributed by atoms with van der Waals surface area (Å²) >= 11 is 0. The third-order valence-electron chi connectivity index (χ3n) is 6.10. The summed E-state index contributed by atoms with van der Waals surface area (Å²) in [7, 11) is 0. The quantitative estimate of drug-likeness (QED) is 0.823. The first kappa shape index (κ1) is 17.5. The van der Waals surface area contributed by atoms with Crippen LogP contribution in [0.1, 0.15) is 56.1 Å². The number of likely N-dealkylation sites (tertiary alicyclic amines) is 1. The molecule has 5 heteroatoms. The normalized spacial score (nSPS) is 27.8. The van der Waals surface area contributed by atoms with Gasteiger partial charge in [-0.25, -0.2) is 0 Å². The minimum atomic E-state index is 0.169. The highest BCUT2D eigenvalue weighted by atomic mass is 16.2. The lowest BCUT2D eigenvalue weighted by Crippen LogP contribution is -2.39. The number of fused-ring (bicyclic) bond motifs is 2. The third-order valence-corrected chi connectivity index (χ3v) is 6.10. The van der Waals surface area contributed by atoms with Crippen molar-refractivity contribution in [2.75, 3.05) is 6.54 Å². The fourth-order valence-electron chi connectivity index (χ4n) is 4.73. The number of hydrogen-bond acceptors (Lipinski definition) is 3. The van der Waals surface area contributed by atoms with E-state index in [0.717, 1.165) is 36.9 Å². The molecule has 2 bridgehead atoms. The van der Waals surface area contributed by atoms with E-state index < -0.39 is 0 Å². The Morgan fingerprint density at radius 3 is 2.46 bits per heavy atom. The predicted molar refractivity (Wildman–Crippen MR) is 100 cm³/mol. The highest BCUT2D eigenvalue weighted by Gasteiger charge is 2.34. The number of carbonyl (C=O) groups is 2. The molecule has 0 saturated carbocycles. The van der Waals surface area contributed by atoms with Crippen LogP contribution in [0.4, 0.5) is 0 Å². The zero-order valence-electron chi connectivity index (χ0n) is 15.4. The SMILES string of the molecule is O=C(CC1CC2CCC(C1)N2)NCc1ccc(CN2CCCC2=O)cc1. The van der Waals surface area contributed by atoms with Gasteiger partial charge in [-0.1, -0.05) is 24.3 Å². The molecule has 3 aliphatic heterocycles. The molecule has 2 atom stereocenters. The molecule has 4 rings (SSSR count). The number of carbonyl (C=O) groups excluding carboxylic acids is 2. The van der Waals surface area contributed by atoms with E-state index in [9.17, 15) is 9.59 Å². The van der Waals surface area contributed by atoms with Crippen molar-refractivity contribution < 1.29 is 9.59 Å². The molecule has 3 aliphatic rings. The van der Waals surface area contributed by atoms with Crippen LogP contribution < -0.4 is 10.6 Å². The molecule has 0 radical (unpaired) electrons. The van der Waals surface area contributed by atoms with Crippen LogP contribution in [0.2, 0.25) is 0 Å². The van der Waals surface area contributed by atoms with Gasteiger partial charge in [0.05, 0.1) is 0 Å². The lowest BCUT2D eigenvalue weighted by atomic mass is 9.89. The Kier molecular flexibility index (Phi) is 5.25. The van der Waals surface area contributed by atoms with Crippen molar-refractivity contribution in [1.82, 2.24) is 15.5 Å². The van der Waals surface area contributed by atoms with Gasteiger partial charge >= 0.3 is 0 Å². The van der Waals surface area contributed by atoms with Crippen molar-refractivity contribution in [3.63, 3.8) is 0 Å². The summed E-state index contributed by atoms with van der Waals surface area (Å²) in [6.45, 7) is 2.15. The van der Waals surface area contributed by atoms with Crippen LogP contribution in [0.5, 0.6) is 0 Å². The van der Waals surface area contributed by atoms with Crippen molar-refractivity contribution in [1.29, 1.82) is 0 Å². The Bertz CT molecular complexity index is 646. The molecule has 1 aromatic rings. The average Bonchev–Trinajstić information content (AvgIpc) is 3.19. The van der Waals surface area contributed by atoms with E-state index in [2.05, 4.69) is 34.9 Å². The Labute approximate surface area is 155 Å².